The van der Waals surface area contributed by atoms with Gasteiger partial charge in [-0.25, -0.2) is 4.79 Å². The van der Waals surface area contributed by atoms with Gasteiger partial charge in [0.05, 0.1) is 0 Å². The van der Waals surface area contributed by atoms with Gasteiger partial charge >= 0.3 is 6.09 Å². The van der Waals surface area contributed by atoms with E-state index >= 15 is 0 Å². The number of nitrogens with one attached hydrogen (secondary N) is 2. The van der Waals surface area contributed by atoms with E-state index in [1.807, 2.05) is 32.9 Å². The lowest BCUT2D eigenvalue weighted by Gasteiger charge is -2.24. The molecule has 7 heteroatoms. The van der Waals surface area contributed by atoms with Gasteiger partial charge in [-0.15, -0.1) is 24.0 Å². The maximum Gasteiger partial charge on any atom is 0.410 e. The van der Waals surface area contributed by atoms with Crippen LogP contribution in [0.15, 0.2) is 29.3 Å². The number of aliphatic imine (C=N–C) groups is 1. The minimum absolute atomic E-state index is 0. The molecule has 0 atom stereocenters. The van der Waals surface area contributed by atoms with E-state index in [1.165, 1.54) is 18.4 Å². The summed E-state index contributed by atoms with van der Waals surface area (Å²) >= 11 is 0. The first-order chi connectivity index (χ1) is 12.3. The van der Waals surface area contributed by atoms with Crippen molar-refractivity contribution in [1.82, 2.24) is 15.5 Å². The van der Waals surface area contributed by atoms with Crippen molar-refractivity contribution in [2.45, 2.75) is 52.3 Å². The predicted octanol–water partition coefficient (Wildman–Crippen LogP) is 3.75. The Morgan fingerprint density at radius 2 is 1.78 bits per heavy atom. The molecule has 0 aromatic heterocycles. The maximum absolute atomic E-state index is 12.0. The van der Waals surface area contributed by atoms with Crippen LogP contribution in [0, 0.1) is 5.92 Å². The average molecular weight is 488 g/mol. The molecule has 2 N–H and O–H groups in total. The largest absolute Gasteiger partial charge is 0.444 e. The molecule has 1 saturated carbocycles. The Morgan fingerprint density at radius 1 is 1.19 bits per heavy atom. The van der Waals surface area contributed by atoms with Gasteiger partial charge in [0.15, 0.2) is 5.96 Å². The summed E-state index contributed by atoms with van der Waals surface area (Å²) in [6, 6.07) is 8.22. The monoisotopic (exact) mass is 488 g/mol. The summed E-state index contributed by atoms with van der Waals surface area (Å²) in [5, 5.41) is 6.68. The molecule has 0 radical (unpaired) electrons. The fourth-order valence-corrected chi connectivity index (χ4v) is 2.41. The number of hydrogen-bond acceptors (Lipinski definition) is 3. The quantitative estimate of drug-likeness (QED) is 0.364. The van der Waals surface area contributed by atoms with E-state index < -0.39 is 5.60 Å². The first kappa shape index (κ1) is 23.5. The zero-order valence-corrected chi connectivity index (χ0v) is 19.4. The summed E-state index contributed by atoms with van der Waals surface area (Å²) in [7, 11) is 3.54. The van der Waals surface area contributed by atoms with Gasteiger partial charge in [0, 0.05) is 33.7 Å². The predicted molar refractivity (Wildman–Crippen MR) is 120 cm³/mol. The lowest BCUT2D eigenvalue weighted by molar-refractivity contribution is 0.0285. The van der Waals surface area contributed by atoms with Crippen molar-refractivity contribution >= 4 is 36.0 Å². The van der Waals surface area contributed by atoms with Crippen LogP contribution < -0.4 is 10.6 Å². The molecular formula is C20H33IN4O2. The second-order valence-electron chi connectivity index (χ2n) is 7.90. The fraction of sp³-hybridized carbons (Fsp3) is 0.600. The molecule has 152 valence electrons. The molecule has 1 aromatic rings. The molecule has 0 bridgehead atoms. The number of hydrogen-bond donors (Lipinski definition) is 2. The molecule has 1 aliphatic carbocycles. The third-order valence-electron chi connectivity index (χ3n) is 4.09. The normalized spacial score (nSPS) is 14.2. The summed E-state index contributed by atoms with van der Waals surface area (Å²) in [6.07, 6.45) is 2.33. The number of ether oxygens (including phenoxy) is 1. The summed E-state index contributed by atoms with van der Waals surface area (Å²) in [6.45, 7) is 7.84. The average Bonchev–Trinajstić information content (AvgIpc) is 3.39. The maximum atomic E-state index is 12.0. The molecule has 1 aromatic carbocycles. The number of carbonyl (C=O) groups is 1. The zero-order valence-electron chi connectivity index (χ0n) is 17.0. The Kier molecular flexibility index (Phi) is 9.35. The number of nitrogens with zero attached hydrogens (tertiary/aromatic N) is 2. The highest BCUT2D eigenvalue weighted by Crippen LogP contribution is 2.27. The van der Waals surface area contributed by atoms with Crippen LogP contribution in [0.2, 0.25) is 0 Å². The van der Waals surface area contributed by atoms with Crippen LogP contribution in [-0.2, 0) is 17.8 Å². The number of carbonyl (C=O) groups excluding carboxylic acids is 1. The lowest BCUT2D eigenvalue weighted by atomic mass is 10.1. The van der Waals surface area contributed by atoms with E-state index in [-0.39, 0.29) is 30.1 Å². The number of benzene rings is 1. The van der Waals surface area contributed by atoms with Gasteiger partial charge in [0.1, 0.15) is 5.60 Å². The van der Waals surface area contributed by atoms with E-state index in [1.54, 1.807) is 19.0 Å². The first-order valence-electron chi connectivity index (χ1n) is 9.23. The van der Waals surface area contributed by atoms with Gasteiger partial charge in [0.25, 0.3) is 0 Å². The van der Waals surface area contributed by atoms with Gasteiger partial charge in [-0.3, -0.25) is 4.99 Å². The van der Waals surface area contributed by atoms with Crippen molar-refractivity contribution in [3.05, 3.63) is 35.4 Å². The van der Waals surface area contributed by atoms with Gasteiger partial charge in [-0.2, -0.15) is 0 Å². The Bertz CT molecular complexity index is 622. The Labute approximate surface area is 180 Å². The fourth-order valence-electron chi connectivity index (χ4n) is 2.41. The molecule has 2 rings (SSSR count). The number of halogens is 1. The van der Waals surface area contributed by atoms with E-state index in [0.717, 1.165) is 24.0 Å². The van der Waals surface area contributed by atoms with Crippen molar-refractivity contribution in [2.24, 2.45) is 10.9 Å². The molecule has 0 unspecified atom stereocenters. The third kappa shape index (κ3) is 9.30. The highest BCUT2D eigenvalue weighted by Gasteiger charge is 2.21. The molecule has 6 nitrogen and oxygen atoms in total. The summed E-state index contributed by atoms with van der Waals surface area (Å²) < 4.78 is 5.37. The second-order valence-corrected chi connectivity index (χ2v) is 7.90. The summed E-state index contributed by atoms with van der Waals surface area (Å²) in [5.74, 6) is 1.65. The van der Waals surface area contributed by atoms with E-state index in [9.17, 15) is 4.79 Å². The lowest BCUT2D eigenvalue weighted by Crippen LogP contribution is -2.37. The number of amides is 1. The summed E-state index contributed by atoms with van der Waals surface area (Å²) in [4.78, 5) is 17.9. The van der Waals surface area contributed by atoms with Crippen LogP contribution in [0.5, 0.6) is 0 Å². The van der Waals surface area contributed by atoms with Crippen LogP contribution in [0.1, 0.15) is 44.7 Å². The SMILES string of the molecule is CN=C(NCc1ccc(CN(C)C(=O)OC(C)(C)C)cc1)NCC1CC1.I. The van der Waals surface area contributed by atoms with Crippen LogP contribution in [0.3, 0.4) is 0 Å². The van der Waals surface area contributed by atoms with Crippen molar-refractivity contribution in [1.29, 1.82) is 0 Å². The van der Waals surface area contributed by atoms with Crippen LogP contribution in [-0.4, -0.2) is 43.2 Å². The first-order valence-corrected chi connectivity index (χ1v) is 9.23. The molecule has 27 heavy (non-hydrogen) atoms. The van der Waals surface area contributed by atoms with Crippen LogP contribution in [0.25, 0.3) is 0 Å². The van der Waals surface area contributed by atoms with Gasteiger partial charge < -0.3 is 20.3 Å². The van der Waals surface area contributed by atoms with Gasteiger partial charge in [0.2, 0.25) is 0 Å². The highest BCUT2D eigenvalue weighted by atomic mass is 127. The number of rotatable bonds is 6. The zero-order chi connectivity index (χ0) is 19.2. The smallest absolute Gasteiger partial charge is 0.410 e. The van der Waals surface area contributed by atoms with Crippen LogP contribution >= 0.6 is 24.0 Å². The minimum Gasteiger partial charge on any atom is -0.444 e. The van der Waals surface area contributed by atoms with E-state index in [0.29, 0.717) is 13.1 Å². The van der Waals surface area contributed by atoms with Crippen molar-refractivity contribution in [2.75, 3.05) is 20.6 Å². The molecule has 1 fully saturated rings. The summed E-state index contributed by atoms with van der Waals surface area (Å²) in [5.41, 5.74) is 1.76. The third-order valence-corrected chi connectivity index (χ3v) is 4.09. The number of guanidine groups is 1. The van der Waals surface area contributed by atoms with E-state index in [4.69, 9.17) is 4.74 Å². The molecule has 1 aliphatic rings. The molecule has 0 heterocycles. The van der Waals surface area contributed by atoms with Crippen molar-refractivity contribution in [3.8, 4) is 0 Å². The van der Waals surface area contributed by atoms with Gasteiger partial charge in [-0.1, -0.05) is 24.3 Å². The molecule has 1 amide bonds. The Hall–Kier alpha value is -1.51. The Balaban J connectivity index is 0.00000364. The Morgan fingerprint density at radius 3 is 2.30 bits per heavy atom. The molecule has 0 aliphatic heterocycles. The molecular weight excluding hydrogens is 455 g/mol. The van der Waals surface area contributed by atoms with E-state index in [2.05, 4.69) is 27.8 Å². The van der Waals surface area contributed by atoms with Crippen molar-refractivity contribution < 1.29 is 9.53 Å². The topological polar surface area (TPSA) is 66.0 Å². The molecule has 0 saturated heterocycles. The standard InChI is InChI=1S/C20H32N4O2.HI/c1-20(2,3)26-19(25)24(5)14-17-10-8-16(9-11-17)13-23-18(21-4)22-12-15-6-7-15;/h8-11,15H,6-7,12-14H2,1-5H3,(H2,21,22,23);1H. The second kappa shape index (κ2) is 10.7. The van der Waals surface area contributed by atoms with Crippen LogP contribution in [0.4, 0.5) is 4.79 Å². The van der Waals surface area contributed by atoms with Crippen molar-refractivity contribution in [3.63, 3.8) is 0 Å². The van der Waals surface area contributed by atoms with Gasteiger partial charge in [-0.05, 0) is 50.7 Å². The minimum atomic E-state index is -0.479. The highest BCUT2D eigenvalue weighted by molar-refractivity contribution is 14.0. The molecule has 0 spiro atoms.